The highest BCUT2D eigenvalue weighted by Crippen LogP contribution is 2.40. The minimum atomic E-state index is -4.94. The van der Waals surface area contributed by atoms with Crippen molar-refractivity contribution in [2.45, 2.75) is 31.2 Å². The number of ether oxygens (including phenoxy) is 2. The molecule has 5 aromatic rings. The summed E-state index contributed by atoms with van der Waals surface area (Å²) in [6, 6.07) is 4.67. The van der Waals surface area contributed by atoms with Crippen molar-refractivity contribution >= 4 is 43.8 Å². The molecular weight excluding hydrogens is 590 g/mol. The maximum atomic E-state index is 13.1. The van der Waals surface area contributed by atoms with Gasteiger partial charge in [0.25, 0.3) is 10.0 Å². The fourth-order valence-corrected chi connectivity index (χ4v) is 6.00. The van der Waals surface area contributed by atoms with Crippen LogP contribution in [0.1, 0.15) is 23.9 Å². The van der Waals surface area contributed by atoms with Gasteiger partial charge in [0.05, 0.1) is 28.8 Å². The number of thiazole rings is 1. The van der Waals surface area contributed by atoms with Crippen LogP contribution >= 0.6 is 11.3 Å². The molecule has 1 aromatic carbocycles. The number of fused-ring (bicyclic) bond motifs is 1. The number of hydrogen-bond donors (Lipinski definition) is 2. The van der Waals surface area contributed by atoms with Crippen LogP contribution in [0.3, 0.4) is 0 Å². The Morgan fingerprint density at radius 1 is 1.21 bits per heavy atom. The molecule has 3 N–H and O–H groups in total. The van der Waals surface area contributed by atoms with Crippen molar-refractivity contribution in [3.05, 3.63) is 53.4 Å². The van der Waals surface area contributed by atoms with Gasteiger partial charge in [0.15, 0.2) is 0 Å². The van der Waals surface area contributed by atoms with Crippen molar-refractivity contribution in [2.75, 3.05) is 23.7 Å². The van der Waals surface area contributed by atoms with Gasteiger partial charge in [-0.15, -0.1) is 11.3 Å². The van der Waals surface area contributed by atoms with Gasteiger partial charge >= 0.3 is 5.76 Å². The number of nitrogens with two attached hydrogens (primary N) is 1. The molecule has 0 atom stereocenters. The number of aromatic nitrogens is 6. The first-order valence-electron chi connectivity index (χ1n) is 12.9. The molecule has 12 nitrogen and oxygen atoms in total. The molecule has 0 saturated carbocycles. The lowest BCUT2D eigenvalue weighted by atomic mass is 10.0. The average molecular weight is 617 g/mol. The summed E-state index contributed by atoms with van der Waals surface area (Å²) in [4.78, 5) is 8.59. The van der Waals surface area contributed by atoms with E-state index in [9.17, 15) is 17.2 Å². The molecule has 0 amide bonds. The van der Waals surface area contributed by atoms with E-state index in [4.69, 9.17) is 20.3 Å². The minimum Gasteiger partial charge on any atom is -0.484 e. The largest absolute Gasteiger partial charge is 0.484 e. The van der Waals surface area contributed by atoms with Crippen LogP contribution in [0.25, 0.3) is 33.3 Å². The van der Waals surface area contributed by atoms with E-state index in [1.54, 1.807) is 41.8 Å². The lowest BCUT2D eigenvalue weighted by molar-refractivity contribution is 0.0662. The van der Waals surface area contributed by atoms with E-state index in [1.807, 2.05) is 15.6 Å². The van der Waals surface area contributed by atoms with Gasteiger partial charge in [0, 0.05) is 60.9 Å². The van der Waals surface area contributed by atoms with Crippen molar-refractivity contribution in [3.8, 4) is 28.1 Å². The van der Waals surface area contributed by atoms with E-state index in [0.29, 0.717) is 34.9 Å². The SMILES string of the molecule is Cn1nc(-c2ccc(NS(=O)(=O)C(F)F)c(OCc3nccs3)c2)c2c(N)ncc(-c3cnn(C4CCOCC4)c3)c21. The number of anilines is 2. The number of halogens is 2. The zero-order chi connectivity index (χ0) is 29.4. The van der Waals surface area contributed by atoms with Gasteiger partial charge in [0.2, 0.25) is 0 Å². The summed E-state index contributed by atoms with van der Waals surface area (Å²) in [5.41, 5.74) is 9.53. The van der Waals surface area contributed by atoms with Crippen LogP contribution in [-0.4, -0.2) is 56.9 Å². The molecule has 42 heavy (non-hydrogen) atoms. The summed E-state index contributed by atoms with van der Waals surface area (Å²) >= 11 is 1.34. The third kappa shape index (κ3) is 5.39. The highest BCUT2D eigenvalue weighted by Gasteiger charge is 2.26. The second-order valence-electron chi connectivity index (χ2n) is 9.64. The molecule has 6 rings (SSSR count). The topological polar surface area (TPSA) is 152 Å². The first-order chi connectivity index (χ1) is 20.2. The average Bonchev–Trinajstić information content (AvgIpc) is 3.75. The Morgan fingerprint density at radius 3 is 2.76 bits per heavy atom. The number of pyridine rings is 1. The Labute approximate surface area is 243 Å². The summed E-state index contributed by atoms with van der Waals surface area (Å²) < 4.78 is 67.1. The molecule has 0 bridgehead atoms. The lowest BCUT2D eigenvalue weighted by Crippen LogP contribution is -2.21. The van der Waals surface area contributed by atoms with Crippen molar-refractivity contribution in [2.24, 2.45) is 7.05 Å². The van der Waals surface area contributed by atoms with E-state index < -0.39 is 15.8 Å². The molecule has 1 fully saturated rings. The number of aryl methyl sites for hydroxylation is 1. The van der Waals surface area contributed by atoms with Crippen LogP contribution in [0, 0.1) is 0 Å². The van der Waals surface area contributed by atoms with Crippen LogP contribution in [-0.2, 0) is 28.4 Å². The number of alkyl halides is 2. The van der Waals surface area contributed by atoms with Crippen molar-refractivity contribution < 1.29 is 26.7 Å². The van der Waals surface area contributed by atoms with Gasteiger partial charge in [-0.2, -0.15) is 19.0 Å². The molecule has 1 aliphatic rings. The summed E-state index contributed by atoms with van der Waals surface area (Å²) in [6.45, 7) is 1.38. The fraction of sp³-hybridized carbons (Fsp3) is 0.308. The molecule has 1 aliphatic heterocycles. The van der Waals surface area contributed by atoms with Crippen LogP contribution in [0.15, 0.2) is 48.4 Å². The second kappa shape index (κ2) is 11.3. The van der Waals surface area contributed by atoms with E-state index in [0.717, 1.165) is 29.5 Å². The van der Waals surface area contributed by atoms with E-state index >= 15 is 0 Å². The van der Waals surface area contributed by atoms with E-state index in [2.05, 4.69) is 15.1 Å². The van der Waals surface area contributed by atoms with Gasteiger partial charge in [0.1, 0.15) is 28.9 Å². The number of hydrogen-bond acceptors (Lipinski definition) is 10. The molecule has 1 saturated heterocycles. The van der Waals surface area contributed by atoms with Gasteiger partial charge in [-0.25, -0.2) is 18.4 Å². The maximum Gasteiger partial charge on any atom is 0.355 e. The Kier molecular flexibility index (Phi) is 7.51. The lowest BCUT2D eigenvalue weighted by Gasteiger charge is -2.22. The summed E-state index contributed by atoms with van der Waals surface area (Å²) in [7, 11) is -3.16. The predicted molar refractivity (Wildman–Crippen MR) is 154 cm³/mol. The first-order valence-corrected chi connectivity index (χ1v) is 15.3. The van der Waals surface area contributed by atoms with Crippen LogP contribution in [0.5, 0.6) is 5.75 Å². The van der Waals surface area contributed by atoms with Gasteiger partial charge in [-0.3, -0.25) is 14.1 Å². The molecule has 0 radical (unpaired) electrons. The Balaban J connectivity index is 1.41. The molecule has 0 unspecified atom stereocenters. The van der Waals surface area contributed by atoms with E-state index in [1.165, 1.54) is 23.5 Å². The quantitative estimate of drug-likeness (QED) is 0.245. The molecule has 4 aromatic heterocycles. The fourth-order valence-electron chi connectivity index (χ4n) is 4.91. The number of nitrogen functional groups attached to an aromatic ring is 1. The third-order valence-corrected chi connectivity index (χ3v) is 8.67. The smallest absolute Gasteiger partial charge is 0.355 e. The monoisotopic (exact) mass is 616 g/mol. The number of sulfonamides is 1. The number of benzene rings is 1. The molecule has 0 spiro atoms. The standard InChI is InChI=1S/C26H26F2N8O4S2/c1-35-24-18(16-11-32-36(13-16)17-4-7-39-8-5-17)12-31-25(29)22(24)23(33-35)15-2-3-19(34-42(37,38)26(27)28)20(10-15)40-14-21-30-6-9-41-21/h2-3,6,9-13,17,26,34H,4-5,7-8,14H2,1H3,(H2,29,31). The van der Waals surface area contributed by atoms with Crippen LogP contribution in [0.4, 0.5) is 20.3 Å². The zero-order valence-corrected chi connectivity index (χ0v) is 23.9. The Bertz CT molecular complexity index is 1830. The summed E-state index contributed by atoms with van der Waals surface area (Å²) in [5, 5.41) is 12.2. The molecule has 220 valence electrons. The predicted octanol–water partition coefficient (Wildman–Crippen LogP) is 4.43. The molecular formula is C26H26F2N8O4S2. The highest BCUT2D eigenvalue weighted by molar-refractivity contribution is 7.93. The zero-order valence-electron chi connectivity index (χ0n) is 22.3. The van der Waals surface area contributed by atoms with Gasteiger partial charge < -0.3 is 15.2 Å². The summed E-state index contributed by atoms with van der Waals surface area (Å²) in [6.07, 6.45) is 8.79. The van der Waals surface area contributed by atoms with E-state index in [-0.39, 0.29) is 29.9 Å². The van der Waals surface area contributed by atoms with Gasteiger partial charge in [-0.1, -0.05) is 6.07 Å². The summed E-state index contributed by atoms with van der Waals surface area (Å²) in [5.74, 6) is -3.36. The highest BCUT2D eigenvalue weighted by atomic mass is 32.2. The number of rotatable bonds is 9. The second-order valence-corrected chi connectivity index (χ2v) is 12.3. The first kappa shape index (κ1) is 28.0. The maximum absolute atomic E-state index is 13.1. The molecule has 0 aliphatic carbocycles. The van der Waals surface area contributed by atoms with Gasteiger partial charge in [-0.05, 0) is 25.0 Å². The molecule has 16 heteroatoms. The number of nitrogens with one attached hydrogen (secondary N) is 1. The van der Waals surface area contributed by atoms with Crippen molar-refractivity contribution in [1.29, 1.82) is 0 Å². The molecule has 5 heterocycles. The normalized spacial score (nSPS) is 14.6. The number of nitrogens with zero attached hydrogens (tertiary/aromatic N) is 6. The van der Waals surface area contributed by atoms with Crippen molar-refractivity contribution in [3.63, 3.8) is 0 Å². The van der Waals surface area contributed by atoms with Crippen LogP contribution < -0.4 is 15.2 Å². The third-order valence-electron chi connectivity index (χ3n) is 6.95. The minimum absolute atomic E-state index is 0.00154. The Hall–Kier alpha value is -4.15. The van der Waals surface area contributed by atoms with Crippen LogP contribution in [0.2, 0.25) is 0 Å². The Morgan fingerprint density at radius 2 is 2.02 bits per heavy atom. The van der Waals surface area contributed by atoms with Crippen molar-refractivity contribution in [1.82, 2.24) is 29.5 Å².